The number of hydrogen-bond acceptors (Lipinski definition) is 0. The third-order valence-corrected chi connectivity index (χ3v) is 9.85. The van der Waals surface area contributed by atoms with Gasteiger partial charge in [0.25, 0.3) is 0 Å². The molecule has 48 heavy (non-hydrogen) atoms. The molecule has 10 rings (SSSR count). The van der Waals surface area contributed by atoms with E-state index in [4.69, 9.17) is 0 Å². The fraction of sp³-hybridized carbons (Fsp3) is 0. The van der Waals surface area contributed by atoms with Crippen LogP contribution in [0.25, 0.3) is 88.0 Å². The fourth-order valence-corrected chi connectivity index (χ4v) is 7.64. The van der Waals surface area contributed by atoms with E-state index < -0.39 is 0 Å². The van der Waals surface area contributed by atoms with Gasteiger partial charge < -0.3 is 9.13 Å². The molecule has 2 heteroatoms. The molecule has 0 aliphatic carbocycles. The van der Waals surface area contributed by atoms with Crippen molar-refractivity contribution in [2.24, 2.45) is 0 Å². The Balaban J connectivity index is 1.32. The Morgan fingerprint density at radius 3 is 1.35 bits per heavy atom. The van der Waals surface area contributed by atoms with Gasteiger partial charge in [0.1, 0.15) is 0 Å². The Kier molecular flexibility index (Phi) is 5.91. The number of nitrogens with zero attached hydrogens (tertiary/aromatic N) is 2. The number of hydrogen-bond donors (Lipinski definition) is 0. The van der Waals surface area contributed by atoms with Crippen LogP contribution in [0, 0.1) is 0 Å². The molecule has 0 radical (unpaired) electrons. The predicted molar refractivity (Wildman–Crippen MR) is 203 cm³/mol. The van der Waals surface area contributed by atoms with Gasteiger partial charge in [0.15, 0.2) is 0 Å². The quantitative estimate of drug-likeness (QED) is 0.188. The molecular formula is C46H30N2. The van der Waals surface area contributed by atoms with E-state index in [1.54, 1.807) is 0 Å². The lowest BCUT2D eigenvalue weighted by Crippen LogP contribution is -1.97. The summed E-state index contributed by atoms with van der Waals surface area (Å²) in [6, 6.07) is 66.3. The van der Waals surface area contributed by atoms with E-state index in [1.807, 2.05) is 0 Å². The van der Waals surface area contributed by atoms with E-state index in [0.29, 0.717) is 0 Å². The highest BCUT2D eigenvalue weighted by molar-refractivity contribution is 6.19. The molecule has 0 amide bonds. The molecule has 0 spiro atoms. The highest BCUT2D eigenvalue weighted by atomic mass is 15.0. The largest absolute Gasteiger partial charge is 0.309 e. The molecule has 2 heterocycles. The van der Waals surface area contributed by atoms with Crippen molar-refractivity contribution in [3.63, 3.8) is 0 Å². The first kappa shape index (κ1) is 26.8. The molecule has 2 nitrogen and oxygen atoms in total. The van der Waals surface area contributed by atoms with E-state index in [1.165, 1.54) is 82.3 Å². The van der Waals surface area contributed by atoms with Crippen LogP contribution in [0.4, 0.5) is 0 Å². The summed E-state index contributed by atoms with van der Waals surface area (Å²) in [5.41, 5.74) is 11.9. The lowest BCUT2D eigenvalue weighted by atomic mass is 9.98. The van der Waals surface area contributed by atoms with Crippen molar-refractivity contribution in [1.82, 2.24) is 9.13 Å². The Hall–Kier alpha value is -6.38. The van der Waals surface area contributed by atoms with Crippen molar-refractivity contribution in [2.75, 3.05) is 0 Å². The van der Waals surface area contributed by atoms with Gasteiger partial charge in [-0.2, -0.15) is 0 Å². The maximum atomic E-state index is 2.46. The second-order valence-corrected chi connectivity index (χ2v) is 12.6. The molecule has 0 aliphatic rings. The van der Waals surface area contributed by atoms with E-state index in [-0.39, 0.29) is 0 Å². The summed E-state index contributed by atoms with van der Waals surface area (Å²) in [4.78, 5) is 0. The van der Waals surface area contributed by atoms with Crippen molar-refractivity contribution in [2.45, 2.75) is 0 Å². The lowest BCUT2D eigenvalue weighted by Gasteiger charge is -2.14. The molecule has 0 unspecified atom stereocenters. The molecule has 0 atom stereocenters. The smallest absolute Gasteiger partial charge is 0.0562 e. The monoisotopic (exact) mass is 610 g/mol. The van der Waals surface area contributed by atoms with Crippen LogP contribution in [0.5, 0.6) is 0 Å². The van der Waals surface area contributed by atoms with Crippen LogP contribution in [0.1, 0.15) is 0 Å². The first-order valence-corrected chi connectivity index (χ1v) is 16.5. The molecule has 0 N–H and O–H groups in total. The Labute approximate surface area is 278 Å². The molecule has 0 saturated carbocycles. The topological polar surface area (TPSA) is 9.86 Å². The first-order valence-electron chi connectivity index (χ1n) is 16.5. The molecule has 0 fully saturated rings. The maximum absolute atomic E-state index is 2.46. The number of para-hydroxylation sites is 2. The molecule has 0 saturated heterocycles. The number of rotatable bonds is 4. The van der Waals surface area contributed by atoms with Crippen molar-refractivity contribution < 1.29 is 0 Å². The van der Waals surface area contributed by atoms with Gasteiger partial charge in [0.2, 0.25) is 0 Å². The molecule has 224 valence electrons. The minimum absolute atomic E-state index is 1.15. The van der Waals surface area contributed by atoms with Gasteiger partial charge in [-0.3, -0.25) is 0 Å². The average Bonchev–Trinajstić information content (AvgIpc) is 3.66. The van der Waals surface area contributed by atoms with Crippen molar-refractivity contribution in [3.8, 4) is 33.6 Å². The lowest BCUT2D eigenvalue weighted by molar-refractivity contribution is 1.17. The Bertz CT molecular complexity index is 2760. The molecule has 10 aromatic rings. The fourth-order valence-electron chi connectivity index (χ4n) is 7.64. The van der Waals surface area contributed by atoms with Crippen molar-refractivity contribution in [3.05, 3.63) is 182 Å². The van der Waals surface area contributed by atoms with Gasteiger partial charge >= 0.3 is 0 Å². The van der Waals surface area contributed by atoms with Gasteiger partial charge in [0.05, 0.1) is 22.1 Å². The van der Waals surface area contributed by atoms with Gasteiger partial charge in [-0.25, -0.2) is 0 Å². The number of fused-ring (bicyclic) bond motifs is 7. The second kappa shape index (κ2) is 10.6. The number of benzene rings is 8. The summed E-state index contributed by atoms with van der Waals surface area (Å²) in [5.74, 6) is 0. The predicted octanol–water partition coefficient (Wildman–Crippen LogP) is 12.4. The van der Waals surface area contributed by atoms with Crippen LogP contribution >= 0.6 is 0 Å². The van der Waals surface area contributed by atoms with Crippen LogP contribution in [0.2, 0.25) is 0 Å². The Morgan fingerprint density at radius 2 is 0.750 bits per heavy atom. The molecule has 0 bridgehead atoms. The van der Waals surface area contributed by atoms with Gasteiger partial charge in [-0.1, -0.05) is 127 Å². The van der Waals surface area contributed by atoms with Crippen LogP contribution < -0.4 is 0 Å². The normalized spacial score (nSPS) is 11.8. The highest BCUT2D eigenvalue weighted by Crippen LogP contribution is 2.41. The van der Waals surface area contributed by atoms with E-state index in [2.05, 4.69) is 191 Å². The summed E-state index contributed by atoms with van der Waals surface area (Å²) >= 11 is 0. The van der Waals surface area contributed by atoms with Gasteiger partial charge in [-0.15, -0.1) is 0 Å². The second-order valence-electron chi connectivity index (χ2n) is 12.6. The zero-order chi connectivity index (χ0) is 31.6. The molecular weight excluding hydrogens is 581 g/mol. The minimum Gasteiger partial charge on any atom is -0.309 e. The van der Waals surface area contributed by atoms with E-state index in [9.17, 15) is 0 Å². The first-order chi connectivity index (χ1) is 23.8. The minimum atomic E-state index is 1.15. The maximum Gasteiger partial charge on any atom is 0.0562 e. The average molecular weight is 611 g/mol. The highest BCUT2D eigenvalue weighted by Gasteiger charge is 2.19. The molecule has 0 aliphatic heterocycles. The van der Waals surface area contributed by atoms with Gasteiger partial charge in [0, 0.05) is 32.9 Å². The zero-order valence-corrected chi connectivity index (χ0v) is 26.2. The zero-order valence-electron chi connectivity index (χ0n) is 26.2. The van der Waals surface area contributed by atoms with Crippen molar-refractivity contribution in [1.29, 1.82) is 0 Å². The summed E-state index contributed by atoms with van der Waals surface area (Å²) < 4.78 is 4.90. The van der Waals surface area contributed by atoms with Gasteiger partial charge in [-0.05, 0) is 87.6 Å². The summed E-state index contributed by atoms with van der Waals surface area (Å²) in [6.07, 6.45) is 0. The van der Waals surface area contributed by atoms with E-state index in [0.717, 1.165) is 5.69 Å². The van der Waals surface area contributed by atoms with Crippen LogP contribution in [-0.2, 0) is 0 Å². The third kappa shape index (κ3) is 4.13. The molecule has 8 aromatic carbocycles. The Morgan fingerprint density at radius 1 is 0.250 bits per heavy atom. The van der Waals surface area contributed by atoms with Crippen molar-refractivity contribution >= 4 is 54.4 Å². The standard InChI is InChI=1S/C46H30N2/c1-3-13-31(14-4-1)35-25-36(32-15-5-2-6-16-32)28-38(27-35)48-44-22-12-10-20-40(44)42-29-41-39-19-9-11-21-43(39)47(45(41)30-46(42)48)37-24-23-33-17-7-8-18-34(33)26-37/h1-30H. The number of aromatic nitrogens is 2. The van der Waals surface area contributed by atoms with Crippen LogP contribution in [0.3, 0.4) is 0 Å². The SMILES string of the molecule is c1ccc(-c2cc(-c3ccccc3)cc(-n3c4ccccc4c4cc5c6ccccc6n(-c6ccc7ccccc7c6)c5cc43)c2)cc1. The summed E-state index contributed by atoms with van der Waals surface area (Å²) in [7, 11) is 0. The van der Waals surface area contributed by atoms with Crippen LogP contribution in [0.15, 0.2) is 182 Å². The van der Waals surface area contributed by atoms with Crippen LogP contribution in [-0.4, -0.2) is 9.13 Å². The molecule has 2 aromatic heterocycles. The summed E-state index contributed by atoms with van der Waals surface area (Å²) in [5, 5.41) is 7.52. The third-order valence-electron chi connectivity index (χ3n) is 9.85. The van der Waals surface area contributed by atoms with E-state index >= 15 is 0 Å². The summed E-state index contributed by atoms with van der Waals surface area (Å²) in [6.45, 7) is 0.